The lowest BCUT2D eigenvalue weighted by molar-refractivity contribution is 0.0701. The summed E-state index contributed by atoms with van der Waals surface area (Å²) in [5.74, 6) is -1.85. The van der Waals surface area contributed by atoms with E-state index in [0.29, 0.717) is 10.6 Å². The van der Waals surface area contributed by atoms with Crippen molar-refractivity contribution >= 4 is 28.2 Å². The van der Waals surface area contributed by atoms with Crippen LogP contribution in [-0.2, 0) is 0 Å². The van der Waals surface area contributed by atoms with E-state index in [0.717, 1.165) is 11.3 Å². The fourth-order valence-electron chi connectivity index (χ4n) is 1.50. The summed E-state index contributed by atoms with van der Waals surface area (Å²) < 4.78 is 0. The largest absolute Gasteiger partial charge is 0.505 e. The molecule has 2 rings (SSSR count). The molecule has 19 heavy (non-hydrogen) atoms. The molecule has 0 saturated heterocycles. The Morgan fingerprint density at radius 2 is 2.16 bits per heavy atom. The first-order valence-corrected chi connectivity index (χ1v) is 6.09. The average molecular weight is 278 g/mol. The van der Waals surface area contributed by atoms with Crippen LogP contribution < -0.4 is 5.32 Å². The van der Waals surface area contributed by atoms with E-state index in [9.17, 15) is 14.7 Å². The summed E-state index contributed by atoms with van der Waals surface area (Å²) in [4.78, 5) is 26.7. The summed E-state index contributed by atoms with van der Waals surface area (Å²) in [6.07, 6.45) is 1.39. The molecule has 3 N–H and O–H groups in total. The number of carboxylic acid groups (broad SMARTS) is 1. The van der Waals surface area contributed by atoms with Crippen molar-refractivity contribution in [3.05, 3.63) is 40.5 Å². The minimum Gasteiger partial charge on any atom is -0.505 e. The van der Waals surface area contributed by atoms with E-state index < -0.39 is 11.9 Å². The number of nitrogens with zero attached hydrogens (tertiary/aromatic N) is 1. The van der Waals surface area contributed by atoms with E-state index >= 15 is 0 Å². The van der Waals surface area contributed by atoms with E-state index in [1.54, 1.807) is 13.0 Å². The van der Waals surface area contributed by atoms with Gasteiger partial charge >= 0.3 is 5.97 Å². The standard InChI is InChI=1S/C12H10N2O4S/c1-6-5-8(19-10(6)12(17)18)14-11(16)9-7(15)3-2-4-13-9/h2-5,15H,1H3,(H,14,16)(H,17,18). The maximum atomic E-state index is 11.9. The number of carbonyl (C=O) groups is 2. The first-order chi connectivity index (χ1) is 8.99. The van der Waals surface area contributed by atoms with Crippen LogP contribution in [0, 0.1) is 6.92 Å². The van der Waals surface area contributed by atoms with Gasteiger partial charge in [-0.3, -0.25) is 4.79 Å². The maximum Gasteiger partial charge on any atom is 0.346 e. The molecule has 7 heteroatoms. The van der Waals surface area contributed by atoms with Gasteiger partial charge in [-0.25, -0.2) is 9.78 Å². The summed E-state index contributed by atoms with van der Waals surface area (Å²) >= 11 is 0.956. The molecule has 2 aromatic rings. The molecule has 0 aromatic carbocycles. The van der Waals surface area contributed by atoms with E-state index in [2.05, 4.69) is 10.3 Å². The van der Waals surface area contributed by atoms with Gasteiger partial charge in [0.05, 0.1) is 5.00 Å². The van der Waals surface area contributed by atoms with Crippen molar-refractivity contribution in [1.29, 1.82) is 0 Å². The lowest BCUT2D eigenvalue weighted by Crippen LogP contribution is -2.12. The van der Waals surface area contributed by atoms with Gasteiger partial charge in [0.25, 0.3) is 5.91 Å². The SMILES string of the molecule is Cc1cc(NC(=O)c2ncccc2O)sc1C(=O)O. The Morgan fingerprint density at radius 3 is 2.74 bits per heavy atom. The molecule has 0 atom stereocenters. The molecule has 0 bridgehead atoms. The van der Waals surface area contributed by atoms with Gasteiger partial charge in [0, 0.05) is 6.20 Å². The maximum absolute atomic E-state index is 11.9. The van der Waals surface area contributed by atoms with Crippen molar-refractivity contribution in [2.75, 3.05) is 5.32 Å². The number of aromatic carboxylic acids is 1. The zero-order chi connectivity index (χ0) is 14.0. The van der Waals surface area contributed by atoms with Crippen molar-refractivity contribution in [1.82, 2.24) is 4.98 Å². The highest BCUT2D eigenvalue weighted by Crippen LogP contribution is 2.27. The molecular formula is C12H10N2O4S. The van der Waals surface area contributed by atoms with Gasteiger partial charge in [-0.15, -0.1) is 11.3 Å². The van der Waals surface area contributed by atoms with Gasteiger partial charge in [-0.05, 0) is 30.7 Å². The van der Waals surface area contributed by atoms with Crippen LogP contribution in [0.4, 0.5) is 5.00 Å². The van der Waals surface area contributed by atoms with Crippen LogP contribution in [0.1, 0.15) is 25.7 Å². The van der Waals surface area contributed by atoms with Crippen LogP contribution in [0.25, 0.3) is 0 Å². The Labute approximate surface area is 112 Å². The Balaban J connectivity index is 2.22. The van der Waals surface area contributed by atoms with Crippen LogP contribution in [0.5, 0.6) is 5.75 Å². The zero-order valence-corrected chi connectivity index (χ0v) is 10.7. The van der Waals surface area contributed by atoms with E-state index in [1.807, 2.05) is 0 Å². The van der Waals surface area contributed by atoms with Gasteiger partial charge in [0.15, 0.2) is 5.69 Å². The number of nitrogens with one attached hydrogen (secondary N) is 1. The molecule has 0 saturated carbocycles. The van der Waals surface area contributed by atoms with Crippen molar-refractivity contribution in [3.63, 3.8) is 0 Å². The van der Waals surface area contributed by atoms with Crippen LogP contribution in [0.3, 0.4) is 0 Å². The molecule has 6 nitrogen and oxygen atoms in total. The number of hydrogen-bond donors (Lipinski definition) is 3. The number of pyridine rings is 1. The lowest BCUT2D eigenvalue weighted by atomic mass is 10.3. The molecule has 0 fully saturated rings. The number of hydrogen-bond acceptors (Lipinski definition) is 5. The first-order valence-electron chi connectivity index (χ1n) is 5.28. The predicted octanol–water partition coefficient (Wildman–Crippen LogP) is 2.11. The van der Waals surface area contributed by atoms with Crippen LogP contribution in [-0.4, -0.2) is 27.1 Å². The quantitative estimate of drug-likeness (QED) is 0.798. The Hall–Kier alpha value is -2.41. The van der Waals surface area contributed by atoms with Gasteiger partial charge in [0.2, 0.25) is 0 Å². The van der Waals surface area contributed by atoms with E-state index in [1.165, 1.54) is 18.3 Å². The number of carbonyl (C=O) groups excluding carboxylic acids is 1. The topological polar surface area (TPSA) is 99.5 Å². The van der Waals surface area contributed by atoms with Crippen molar-refractivity contribution in [2.24, 2.45) is 0 Å². The third-order valence-electron chi connectivity index (χ3n) is 2.35. The zero-order valence-electron chi connectivity index (χ0n) is 9.88. The second kappa shape index (κ2) is 5.07. The van der Waals surface area contributed by atoms with Crippen LogP contribution in [0.15, 0.2) is 24.4 Å². The molecule has 0 aliphatic heterocycles. The van der Waals surface area contributed by atoms with Crippen LogP contribution in [0.2, 0.25) is 0 Å². The fourth-order valence-corrected chi connectivity index (χ4v) is 2.41. The molecule has 0 aliphatic rings. The second-order valence-corrected chi connectivity index (χ2v) is 4.81. The second-order valence-electron chi connectivity index (χ2n) is 3.75. The first kappa shape index (κ1) is 13.0. The monoisotopic (exact) mass is 278 g/mol. The molecule has 0 unspecified atom stereocenters. The molecule has 1 amide bonds. The molecule has 98 valence electrons. The number of aromatic hydroxyl groups is 1. The number of anilines is 1. The number of carboxylic acids is 1. The van der Waals surface area contributed by atoms with Crippen molar-refractivity contribution < 1.29 is 19.8 Å². The molecule has 2 heterocycles. The fraction of sp³-hybridized carbons (Fsp3) is 0.0833. The van der Waals surface area contributed by atoms with Crippen LogP contribution >= 0.6 is 11.3 Å². The van der Waals surface area contributed by atoms with Gasteiger partial charge in [-0.2, -0.15) is 0 Å². The summed E-state index contributed by atoms with van der Waals surface area (Å²) in [7, 11) is 0. The normalized spacial score (nSPS) is 10.2. The average Bonchev–Trinajstić information content (AvgIpc) is 2.70. The summed E-state index contributed by atoms with van der Waals surface area (Å²) in [6, 6.07) is 4.42. The number of aryl methyl sites for hydroxylation is 1. The third kappa shape index (κ3) is 2.71. The van der Waals surface area contributed by atoms with Gasteiger partial charge < -0.3 is 15.5 Å². The Kier molecular flexibility index (Phi) is 3.48. The highest BCUT2D eigenvalue weighted by Gasteiger charge is 2.16. The molecule has 0 spiro atoms. The number of thiophene rings is 1. The third-order valence-corrected chi connectivity index (χ3v) is 3.49. The summed E-state index contributed by atoms with van der Waals surface area (Å²) in [6.45, 7) is 1.65. The predicted molar refractivity (Wildman–Crippen MR) is 69.9 cm³/mol. The van der Waals surface area contributed by atoms with E-state index in [4.69, 9.17) is 5.11 Å². The molecule has 2 aromatic heterocycles. The van der Waals surface area contributed by atoms with Gasteiger partial charge in [0.1, 0.15) is 10.6 Å². The summed E-state index contributed by atoms with van der Waals surface area (Å²) in [5, 5.41) is 21.3. The molecular weight excluding hydrogens is 268 g/mol. The summed E-state index contributed by atoms with van der Waals surface area (Å²) in [5.41, 5.74) is 0.462. The van der Waals surface area contributed by atoms with Crippen molar-refractivity contribution in [2.45, 2.75) is 6.92 Å². The Morgan fingerprint density at radius 1 is 1.42 bits per heavy atom. The smallest absolute Gasteiger partial charge is 0.346 e. The number of aromatic nitrogens is 1. The minimum absolute atomic E-state index is 0.106. The number of amides is 1. The minimum atomic E-state index is -1.04. The molecule has 0 aliphatic carbocycles. The van der Waals surface area contributed by atoms with Crippen molar-refractivity contribution in [3.8, 4) is 5.75 Å². The lowest BCUT2D eigenvalue weighted by Gasteiger charge is -2.02. The highest BCUT2D eigenvalue weighted by atomic mass is 32.1. The highest BCUT2D eigenvalue weighted by molar-refractivity contribution is 7.18. The Bertz CT molecular complexity index is 651. The van der Waals surface area contributed by atoms with E-state index in [-0.39, 0.29) is 16.3 Å². The van der Waals surface area contributed by atoms with Gasteiger partial charge in [-0.1, -0.05) is 0 Å². The molecule has 0 radical (unpaired) electrons. The number of rotatable bonds is 3.